The van der Waals surface area contributed by atoms with Crippen LogP contribution in [0.3, 0.4) is 0 Å². The van der Waals surface area contributed by atoms with Crippen molar-refractivity contribution in [3.8, 4) is 0 Å². The molecule has 2 heterocycles. The quantitative estimate of drug-likeness (QED) is 0.602. The lowest BCUT2D eigenvalue weighted by Gasteiger charge is -2.44. The maximum atomic E-state index is 13.6. The van der Waals surface area contributed by atoms with Crippen LogP contribution in [-0.2, 0) is 25.6 Å². The van der Waals surface area contributed by atoms with Gasteiger partial charge in [0.1, 0.15) is 17.6 Å². The van der Waals surface area contributed by atoms with Crippen molar-refractivity contribution in [2.75, 3.05) is 19.6 Å². The molecular weight excluding hydrogens is 414 g/mol. The number of aliphatic hydroxyl groups excluding tert-OH is 1. The van der Waals surface area contributed by atoms with Gasteiger partial charge in [0, 0.05) is 32.5 Å². The molecule has 3 fully saturated rings. The first kappa shape index (κ1) is 22.0. The molecule has 0 aromatic heterocycles. The van der Waals surface area contributed by atoms with E-state index in [1.54, 1.807) is 0 Å². The van der Waals surface area contributed by atoms with Gasteiger partial charge in [-0.15, -0.1) is 0 Å². The van der Waals surface area contributed by atoms with Crippen molar-refractivity contribution < 1.29 is 29.4 Å². The van der Waals surface area contributed by atoms with Crippen LogP contribution < -0.4 is 0 Å². The molecule has 3 aliphatic rings. The van der Waals surface area contributed by atoms with Gasteiger partial charge in [0.2, 0.25) is 17.7 Å². The molecule has 32 heavy (non-hydrogen) atoms. The van der Waals surface area contributed by atoms with Gasteiger partial charge in [-0.2, -0.15) is 0 Å². The van der Waals surface area contributed by atoms with Crippen LogP contribution in [0.15, 0.2) is 43.0 Å². The van der Waals surface area contributed by atoms with E-state index < -0.39 is 35.6 Å². The standard InChI is InChI=1S/C23H27N3O6/c1-2-19(28)26-11-10-24(22(32)23(26)8-9-23)17(12-15-6-4-3-5-7-15)20(29)25-14-16(27)13-18(25)21(30)31/h2-7,16-18,27H,1,8-14H2,(H,30,31)/t16-,17+,18+/m1/s1. The van der Waals surface area contributed by atoms with Crippen LogP contribution in [0.25, 0.3) is 0 Å². The van der Waals surface area contributed by atoms with Crippen molar-refractivity contribution >= 4 is 23.7 Å². The van der Waals surface area contributed by atoms with Crippen molar-refractivity contribution in [2.24, 2.45) is 0 Å². The minimum absolute atomic E-state index is 0.0430. The second kappa shape index (κ2) is 8.38. The van der Waals surface area contributed by atoms with Gasteiger partial charge in [-0.3, -0.25) is 14.4 Å². The second-order valence-electron chi connectivity index (χ2n) is 8.66. The SMILES string of the molecule is C=CC(=O)N1CCN([C@@H](Cc2ccccc2)C(=O)N2C[C@H](O)C[C@H]2C(=O)O)C(=O)C12CC2. The fraction of sp³-hybridized carbons (Fsp3) is 0.478. The van der Waals surface area contributed by atoms with Crippen LogP contribution in [-0.4, -0.2) is 92.0 Å². The smallest absolute Gasteiger partial charge is 0.326 e. The Bertz CT molecular complexity index is 944. The maximum Gasteiger partial charge on any atom is 0.326 e. The first-order valence-corrected chi connectivity index (χ1v) is 10.8. The van der Waals surface area contributed by atoms with E-state index >= 15 is 0 Å². The van der Waals surface area contributed by atoms with E-state index in [1.807, 2.05) is 30.3 Å². The van der Waals surface area contributed by atoms with E-state index in [4.69, 9.17) is 0 Å². The lowest BCUT2D eigenvalue weighted by atomic mass is 9.99. The molecule has 1 aliphatic carbocycles. The van der Waals surface area contributed by atoms with E-state index in [0.717, 1.165) is 5.56 Å². The molecular formula is C23H27N3O6. The van der Waals surface area contributed by atoms with E-state index in [0.29, 0.717) is 12.8 Å². The third-order valence-corrected chi connectivity index (χ3v) is 6.68. The van der Waals surface area contributed by atoms with Gasteiger partial charge in [0.15, 0.2) is 0 Å². The zero-order valence-electron chi connectivity index (χ0n) is 17.7. The molecule has 1 aromatic carbocycles. The Labute approximate surface area is 185 Å². The third-order valence-electron chi connectivity index (χ3n) is 6.68. The number of hydrogen-bond acceptors (Lipinski definition) is 5. The molecule has 1 saturated carbocycles. The van der Waals surface area contributed by atoms with Gasteiger partial charge in [0.25, 0.3) is 0 Å². The molecule has 3 amide bonds. The molecule has 0 bridgehead atoms. The van der Waals surface area contributed by atoms with Gasteiger partial charge >= 0.3 is 5.97 Å². The number of piperazine rings is 1. The summed E-state index contributed by atoms with van der Waals surface area (Å²) >= 11 is 0. The number of rotatable bonds is 6. The van der Waals surface area contributed by atoms with Crippen molar-refractivity contribution in [1.82, 2.24) is 14.7 Å². The Morgan fingerprint density at radius 2 is 1.88 bits per heavy atom. The minimum Gasteiger partial charge on any atom is -0.480 e. The highest BCUT2D eigenvalue weighted by Gasteiger charge is 2.61. The third kappa shape index (κ3) is 3.77. The summed E-state index contributed by atoms with van der Waals surface area (Å²) in [6.07, 6.45) is 1.49. The summed E-state index contributed by atoms with van der Waals surface area (Å²) < 4.78 is 0. The number of β-amino-alcohol motifs (C(OH)–C–C–N with tert-alkyl or cyclic N) is 1. The average Bonchev–Trinajstić information content (AvgIpc) is 3.47. The largest absolute Gasteiger partial charge is 0.480 e. The second-order valence-corrected chi connectivity index (χ2v) is 8.66. The molecule has 4 rings (SSSR count). The number of nitrogens with zero attached hydrogens (tertiary/aromatic N) is 3. The molecule has 170 valence electrons. The number of carbonyl (C=O) groups excluding carboxylic acids is 3. The zero-order valence-corrected chi connectivity index (χ0v) is 17.7. The number of hydrogen-bond donors (Lipinski definition) is 2. The van der Waals surface area contributed by atoms with Crippen molar-refractivity contribution in [1.29, 1.82) is 0 Å². The summed E-state index contributed by atoms with van der Waals surface area (Å²) in [6.45, 7) is 3.87. The summed E-state index contributed by atoms with van der Waals surface area (Å²) in [5.74, 6) is -2.28. The molecule has 2 aliphatic heterocycles. The molecule has 1 spiro atoms. The van der Waals surface area contributed by atoms with Crippen LogP contribution in [0.5, 0.6) is 0 Å². The zero-order chi connectivity index (χ0) is 23.0. The Kier molecular flexibility index (Phi) is 5.77. The molecule has 1 aromatic rings. The Morgan fingerprint density at radius 1 is 1.19 bits per heavy atom. The minimum atomic E-state index is -1.18. The maximum absolute atomic E-state index is 13.6. The van der Waals surface area contributed by atoms with Gasteiger partial charge < -0.3 is 24.9 Å². The predicted molar refractivity (Wildman–Crippen MR) is 113 cm³/mol. The Balaban J connectivity index is 1.65. The van der Waals surface area contributed by atoms with E-state index in [9.17, 15) is 29.4 Å². The highest BCUT2D eigenvalue weighted by Crippen LogP contribution is 2.46. The summed E-state index contributed by atoms with van der Waals surface area (Å²) in [5.41, 5.74) is -0.116. The summed E-state index contributed by atoms with van der Waals surface area (Å²) in [6, 6.07) is 7.16. The fourth-order valence-electron chi connectivity index (χ4n) is 4.89. The van der Waals surface area contributed by atoms with E-state index in [1.165, 1.54) is 20.8 Å². The molecule has 2 saturated heterocycles. The van der Waals surface area contributed by atoms with Crippen molar-refractivity contribution in [3.05, 3.63) is 48.6 Å². The normalized spacial score (nSPS) is 25.0. The monoisotopic (exact) mass is 441 g/mol. The number of benzene rings is 1. The summed E-state index contributed by atoms with van der Waals surface area (Å²) in [5, 5.41) is 19.6. The molecule has 0 unspecified atom stereocenters. The highest BCUT2D eigenvalue weighted by atomic mass is 16.4. The van der Waals surface area contributed by atoms with Crippen LogP contribution in [0.2, 0.25) is 0 Å². The Morgan fingerprint density at radius 3 is 2.47 bits per heavy atom. The van der Waals surface area contributed by atoms with E-state index in [2.05, 4.69) is 6.58 Å². The predicted octanol–water partition coefficient (Wildman–Crippen LogP) is 0.0335. The topological polar surface area (TPSA) is 118 Å². The summed E-state index contributed by atoms with van der Waals surface area (Å²) in [4.78, 5) is 55.4. The van der Waals surface area contributed by atoms with Crippen LogP contribution >= 0.6 is 0 Å². The highest BCUT2D eigenvalue weighted by molar-refractivity contribution is 6.00. The van der Waals surface area contributed by atoms with Crippen LogP contribution in [0, 0.1) is 0 Å². The first-order chi connectivity index (χ1) is 15.3. The van der Waals surface area contributed by atoms with Crippen LogP contribution in [0.1, 0.15) is 24.8 Å². The number of aliphatic hydroxyl groups is 1. The summed E-state index contributed by atoms with van der Waals surface area (Å²) in [7, 11) is 0. The number of carbonyl (C=O) groups is 4. The lowest BCUT2D eigenvalue weighted by molar-refractivity contribution is -0.160. The van der Waals surface area contributed by atoms with Gasteiger partial charge in [-0.05, 0) is 24.5 Å². The van der Waals surface area contributed by atoms with Gasteiger partial charge in [-0.25, -0.2) is 4.79 Å². The van der Waals surface area contributed by atoms with E-state index in [-0.39, 0.29) is 44.3 Å². The van der Waals surface area contributed by atoms with Gasteiger partial charge in [-0.1, -0.05) is 36.9 Å². The van der Waals surface area contributed by atoms with Crippen LogP contribution in [0.4, 0.5) is 0 Å². The number of aliphatic carboxylic acids is 1. The number of carboxylic acids is 1. The number of likely N-dealkylation sites (tertiary alicyclic amines) is 1. The van der Waals surface area contributed by atoms with Gasteiger partial charge in [0.05, 0.1) is 6.10 Å². The molecule has 9 heteroatoms. The lowest BCUT2D eigenvalue weighted by Crippen LogP contribution is -2.65. The molecule has 3 atom stereocenters. The van der Waals surface area contributed by atoms with Crippen molar-refractivity contribution in [3.63, 3.8) is 0 Å². The fourth-order valence-corrected chi connectivity index (χ4v) is 4.89. The number of amides is 3. The molecule has 2 N–H and O–H groups in total. The number of carboxylic acid groups (broad SMARTS) is 1. The Hall–Kier alpha value is -3.20. The molecule has 9 nitrogen and oxygen atoms in total. The molecule has 0 radical (unpaired) electrons. The average molecular weight is 441 g/mol. The van der Waals surface area contributed by atoms with Crippen molar-refractivity contribution in [2.45, 2.75) is 49.4 Å². The first-order valence-electron chi connectivity index (χ1n) is 10.8.